The normalized spacial score (nSPS) is 30.6. The molecule has 0 saturated carbocycles. The predicted octanol–water partition coefficient (Wildman–Crippen LogP) is -2.51. The highest BCUT2D eigenvalue weighted by Crippen LogP contribution is 2.32. The van der Waals surface area contributed by atoms with Gasteiger partial charge in [0.2, 0.25) is 0 Å². The Bertz CT molecular complexity index is 657. The van der Waals surface area contributed by atoms with Crippen LogP contribution in [-0.4, -0.2) is 58.5 Å². The van der Waals surface area contributed by atoms with Crippen molar-refractivity contribution in [1.82, 2.24) is 9.55 Å². The van der Waals surface area contributed by atoms with Crippen molar-refractivity contribution >= 4 is 15.7 Å². The fourth-order valence-electron chi connectivity index (χ4n) is 2.18. The molecule has 1 fully saturated rings. The molecule has 4 atom stereocenters. The van der Waals surface area contributed by atoms with Gasteiger partial charge in [-0.05, 0) is 6.07 Å². The molecule has 2 heterocycles. The molecular weight excluding hydrogens is 290 g/mol. The number of hydrogen-bond donors (Lipinski definition) is 3. The lowest BCUT2D eigenvalue weighted by molar-refractivity contribution is -0.0457. The Morgan fingerprint density at radius 2 is 2.20 bits per heavy atom. The maximum Gasteiger partial charge on any atom is 0.351 e. The molecule has 0 amide bonds. The van der Waals surface area contributed by atoms with Crippen molar-refractivity contribution in [3.05, 3.63) is 22.7 Å². The number of rotatable bonds is 3. The van der Waals surface area contributed by atoms with Gasteiger partial charge in [0, 0.05) is 12.5 Å². The molecule has 112 valence electrons. The predicted molar refractivity (Wildman–Crippen MR) is 68.5 cm³/mol. The Morgan fingerprint density at radius 1 is 1.55 bits per heavy atom. The highest BCUT2D eigenvalue weighted by atomic mass is 32.2. The van der Waals surface area contributed by atoms with Crippen LogP contribution in [0.3, 0.4) is 0 Å². The van der Waals surface area contributed by atoms with Crippen molar-refractivity contribution < 1.29 is 23.4 Å². The first-order valence-corrected chi connectivity index (χ1v) is 7.69. The second-order valence-corrected chi connectivity index (χ2v) is 6.78. The fourth-order valence-corrected chi connectivity index (χ4v) is 3.48. The van der Waals surface area contributed by atoms with Crippen LogP contribution in [0.25, 0.3) is 0 Å². The first kappa shape index (κ1) is 14.9. The van der Waals surface area contributed by atoms with Gasteiger partial charge in [0.1, 0.15) is 23.3 Å². The Morgan fingerprint density at radius 3 is 2.70 bits per heavy atom. The quantitative estimate of drug-likeness (QED) is 0.555. The van der Waals surface area contributed by atoms with Gasteiger partial charge in [-0.25, -0.2) is 13.2 Å². The summed E-state index contributed by atoms with van der Waals surface area (Å²) >= 11 is 0. The lowest BCUT2D eigenvalue weighted by Gasteiger charge is -2.20. The molecule has 9 nitrogen and oxygen atoms in total. The molecule has 0 aromatic carbocycles. The molecule has 10 heteroatoms. The van der Waals surface area contributed by atoms with E-state index >= 15 is 0 Å². The number of ether oxygens (including phenoxy) is 1. The summed E-state index contributed by atoms with van der Waals surface area (Å²) in [4.78, 5) is 15.2. The summed E-state index contributed by atoms with van der Waals surface area (Å²) in [5.74, 6) is -0.0144. The van der Waals surface area contributed by atoms with Gasteiger partial charge in [-0.2, -0.15) is 4.98 Å². The van der Waals surface area contributed by atoms with Crippen molar-refractivity contribution in [2.24, 2.45) is 0 Å². The molecule has 1 aromatic rings. The highest BCUT2D eigenvalue weighted by Gasteiger charge is 2.50. The van der Waals surface area contributed by atoms with Crippen LogP contribution in [0.15, 0.2) is 17.1 Å². The maximum atomic E-state index is 11.8. The number of sulfone groups is 1. The molecule has 1 aromatic heterocycles. The van der Waals surface area contributed by atoms with E-state index in [2.05, 4.69) is 4.98 Å². The van der Waals surface area contributed by atoms with E-state index in [4.69, 9.17) is 15.6 Å². The van der Waals surface area contributed by atoms with E-state index < -0.39 is 45.8 Å². The van der Waals surface area contributed by atoms with Gasteiger partial charge in [-0.1, -0.05) is 0 Å². The van der Waals surface area contributed by atoms with Gasteiger partial charge in [-0.3, -0.25) is 4.57 Å². The van der Waals surface area contributed by atoms with E-state index in [-0.39, 0.29) is 5.82 Å². The second kappa shape index (κ2) is 5.13. The molecule has 4 N–H and O–H groups in total. The minimum atomic E-state index is -3.72. The van der Waals surface area contributed by atoms with Crippen LogP contribution in [0.5, 0.6) is 0 Å². The van der Waals surface area contributed by atoms with Crippen LogP contribution in [-0.2, 0) is 14.6 Å². The first-order valence-electron chi connectivity index (χ1n) is 5.73. The van der Waals surface area contributed by atoms with Crippen molar-refractivity contribution in [3.63, 3.8) is 0 Å². The van der Waals surface area contributed by atoms with Crippen LogP contribution in [0.4, 0.5) is 5.82 Å². The summed E-state index contributed by atoms with van der Waals surface area (Å²) in [6, 6.07) is 1.31. The molecule has 1 aliphatic heterocycles. The molecule has 20 heavy (non-hydrogen) atoms. The highest BCUT2D eigenvalue weighted by molar-refractivity contribution is 7.91. The average Bonchev–Trinajstić information content (AvgIpc) is 2.65. The zero-order chi connectivity index (χ0) is 15.1. The maximum absolute atomic E-state index is 11.8. The van der Waals surface area contributed by atoms with Gasteiger partial charge in [0.05, 0.1) is 6.61 Å². The molecule has 0 spiro atoms. The van der Waals surface area contributed by atoms with E-state index in [1.165, 1.54) is 12.3 Å². The lowest BCUT2D eigenvalue weighted by Crippen LogP contribution is -2.41. The number of nitrogens with zero attached hydrogens (tertiary/aromatic N) is 2. The molecule has 0 unspecified atom stereocenters. The van der Waals surface area contributed by atoms with E-state index in [1.807, 2.05) is 0 Å². The van der Waals surface area contributed by atoms with Gasteiger partial charge in [-0.15, -0.1) is 0 Å². The largest absolute Gasteiger partial charge is 0.394 e. The zero-order valence-electron chi connectivity index (χ0n) is 10.6. The second-order valence-electron chi connectivity index (χ2n) is 4.57. The molecular formula is C10H15N3O6S. The van der Waals surface area contributed by atoms with Crippen LogP contribution in [0.1, 0.15) is 6.23 Å². The van der Waals surface area contributed by atoms with E-state index in [0.717, 1.165) is 10.8 Å². The van der Waals surface area contributed by atoms with Crippen molar-refractivity contribution in [2.45, 2.75) is 23.7 Å². The number of aromatic nitrogens is 2. The van der Waals surface area contributed by atoms with Gasteiger partial charge in [0.15, 0.2) is 16.1 Å². The van der Waals surface area contributed by atoms with Crippen LogP contribution in [0, 0.1) is 0 Å². The third kappa shape index (κ3) is 2.54. The Kier molecular flexibility index (Phi) is 3.82. The summed E-state index contributed by atoms with van der Waals surface area (Å²) in [6.07, 6.45) is -1.64. The molecule has 2 rings (SSSR count). The molecule has 1 saturated heterocycles. The van der Waals surface area contributed by atoms with E-state index in [1.54, 1.807) is 0 Å². The average molecular weight is 305 g/mol. The third-order valence-electron chi connectivity index (χ3n) is 3.11. The number of nitrogen functional groups attached to an aromatic ring is 1. The zero-order valence-corrected chi connectivity index (χ0v) is 11.4. The van der Waals surface area contributed by atoms with Gasteiger partial charge >= 0.3 is 5.69 Å². The molecule has 0 bridgehead atoms. The summed E-state index contributed by atoms with van der Waals surface area (Å²) in [6.45, 7) is -0.569. The van der Waals surface area contributed by atoms with Gasteiger partial charge < -0.3 is 20.7 Å². The Hall–Kier alpha value is -1.49. The number of aliphatic hydroxyl groups is 2. The third-order valence-corrected chi connectivity index (χ3v) is 4.61. The summed E-state index contributed by atoms with van der Waals surface area (Å²) in [5, 5.41) is 17.7. The molecule has 0 radical (unpaired) electrons. The molecule has 0 aliphatic carbocycles. The minimum Gasteiger partial charge on any atom is -0.394 e. The standard InChI is InChI=1S/C10H15N3O6S/c1-20(17,18)8-7(15)5(4-14)19-9(8)13-3-2-6(11)12-10(13)16/h2-3,5,7-9,14-15H,4H2,1H3,(H2,11,12,16)/t5-,7-,8-,9-/m1/s1. The minimum absolute atomic E-state index is 0.0144. The molecule has 1 aliphatic rings. The fraction of sp³-hybridized carbons (Fsp3) is 0.600. The van der Waals surface area contributed by atoms with Crippen molar-refractivity contribution in [2.75, 3.05) is 18.6 Å². The Balaban J connectivity index is 2.50. The van der Waals surface area contributed by atoms with Crippen molar-refractivity contribution in [3.8, 4) is 0 Å². The van der Waals surface area contributed by atoms with E-state index in [9.17, 15) is 18.3 Å². The summed E-state index contributed by atoms with van der Waals surface area (Å²) in [7, 11) is -3.72. The van der Waals surface area contributed by atoms with Crippen LogP contribution >= 0.6 is 0 Å². The van der Waals surface area contributed by atoms with Gasteiger partial charge in [0.25, 0.3) is 0 Å². The first-order chi connectivity index (χ1) is 9.25. The number of anilines is 1. The van der Waals surface area contributed by atoms with Crippen LogP contribution < -0.4 is 11.4 Å². The van der Waals surface area contributed by atoms with E-state index in [0.29, 0.717) is 0 Å². The van der Waals surface area contributed by atoms with Crippen molar-refractivity contribution in [1.29, 1.82) is 0 Å². The number of nitrogens with two attached hydrogens (primary N) is 1. The summed E-state index contributed by atoms with van der Waals surface area (Å²) in [5.41, 5.74) is 4.56. The topological polar surface area (TPSA) is 145 Å². The lowest BCUT2D eigenvalue weighted by atomic mass is 10.2. The number of aliphatic hydroxyl groups excluding tert-OH is 2. The monoisotopic (exact) mass is 305 g/mol. The van der Waals surface area contributed by atoms with Crippen LogP contribution in [0.2, 0.25) is 0 Å². The summed E-state index contributed by atoms with van der Waals surface area (Å²) < 4.78 is 29.8. The number of hydrogen-bond acceptors (Lipinski definition) is 8. The SMILES string of the molecule is CS(=O)(=O)[C@@H]1[C@H](O)[C@@H](CO)O[C@H]1n1ccc(N)nc1=O. The smallest absolute Gasteiger partial charge is 0.351 e. The Labute approximate surface area is 114 Å².